The summed E-state index contributed by atoms with van der Waals surface area (Å²) in [6.45, 7) is 3.16. The smallest absolute Gasteiger partial charge is 0.223 e. The van der Waals surface area contributed by atoms with E-state index in [-0.39, 0.29) is 5.91 Å². The number of hydrogen-bond acceptors (Lipinski definition) is 4. The summed E-state index contributed by atoms with van der Waals surface area (Å²) in [5.74, 6) is 0.240. The monoisotopic (exact) mass is 385 g/mol. The summed E-state index contributed by atoms with van der Waals surface area (Å²) in [6.07, 6.45) is 1.38. The highest BCUT2D eigenvalue weighted by Gasteiger charge is 2.22. The van der Waals surface area contributed by atoms with Gasteiger partial charge >= 0.3 is 0 Å². The maximum atomic E-state index is 12.5. The van der Waals surface area contributed by atoms with Gasteiger partial charge < -0.3 is 9.80 Å². The minimum absolute atomic E-state index is 0.240. The fourth-order valence-electron chi connectivity index (χ4n) is 3.22. The first kappa shape index (κ1) is 17.3. The van der Waals surface area contributed by atoms with Crippen LogP contribution in [0.25, 0.3) is 10.2 Å². The molecule has 2 aromatic carbocycles. The van der Waals surface area contributed by atoms with Crippen LogP contribution < -0.4 is 4.90 Å². The highest BCUT2D eigenvalue weighted by Crippen LogP contribution is 2.31. The van der Waals surface area contributed by atoms with Crippen molar-refractivity contribution in [3.05, 3.63) is 59.1 Å². The molecule has 0 bridgehead atoms. The van der Waals surface area contributed by atoms with Gasteiger partial charge in [0.2, 0.25) is 5.91 Å². The minimum atomic E-state index is 0.240. The number of nitrogens with zero attached hydrogens (tertiary/aromatic N) is 3. The molecule has 1 fully saturated rings. The van der Waals surface area contributed by atoms with Gasteiger partial charge in [0.1, 0.15) is 0 Å². The zero-order chi connectivity index (χ0) is 17.9. The van der Waals surface area contributed by atoms with E-state index in [1.165, 1.54) is 5.56 Å². The third-order valence-electron chi connectivity index (χ3n) is 4.71. The van der Waals surface area contributed by atoms with Gasteiger partial charge in [-0.2, -0.15) is 0 Å². The molecule has 4 nitrogen and oxygen atoms in total. The summed E-state index contributed by atoms with van der Waals surface area (Å²) >= 11 is 7.72. The normalized spacial score (nSPS) is 14.8. The lowest BCUT2D eigenvalue weighted by atomic mass is 10.1. The quantitative estimate of drug-likeness (QED) is 0.674. The number of carbonyl (C=O) groups is 1. The summed E-state index contributed by atoms with van der Waals surface area (Å²) in [6, 6.07) is 16.0. The molecule has 134 valence electrons. The number of fused-ring (bicyclic) bond motifs is 1. The molecule has 0 spiro atoms. The van der Waals surface area contributed by atoms with E-state index in [0.29, 0.717) is 6.42 Å². The molecule has 1 saturated heterocycles. The average molecular weight is 386 g/mol. The largest absolute Gasteiger partial charge is 0.345 e. The van der Waals surface area contributed by atoms with Crippen LogP contribution in [0.5, 0.6) is 0 Å². The minimum Gasteiger partial charge on any atom is -0.345 e. The third kappa shape index (κ3) is 3.84. The van der Waals surface area contributed by atoms with Crippen molar-refractivity contribution in [3.63, 3.8) is 0 Å². The van der Waals surface area contributed by atoms with E-state index >= 15 is 0 Å². The molecule has 1 aliphatic heterocycles. The van der Waals surface area contributed by atoms with Crippen LogP contribution in [0.1, 0.15) is 12.0 Å². The number of hydrogen-bond donors (Lipinski definition) is 0. The van der Waals surface area contributed by atoms with Gasteiger partial charge in [-0.15, -0.1) is 0 Å². The van der Waals surface area contributed by atoms with Crippen LogP contribution in [0, 0.1) is 0 Å². The van der Waals surface area contributed by atoms with E-state index in [1.807, 2.05) is 41.3 Å². The Balaban J connectivity index is 1.33. The number of benzene rings is 2. The van der Waals surface area contributed by atoms with Gasteiger partial charge in [-0.05, 0) is 30.2 Å². The van der Waals surface area contributed by atoms with Gasteiger partial charge in [0.15, 0.2) is 5.13 Å². The molecule has 0 atom stereocenters. The molecule has 4 rings (SSSR count). The Morgan fingerprint density at radius 3 is 2.62 bits per heavy atom. The lowest BCUT2D eigenvalue weighted by Gasteiger charge is -2.34. The van der Waals surface area contributed by atoms with Crippen LogP contribution >= 0.6 is 22.9 Å². The summed E-state index contributed by atoms with van der Waals surface area (Å²) in [5.41, 5.74) is 2.20. The van der Waals surface area contributed by atoms with Crippen molar-refractivity contribution in [1.29, 1.82) is 0 Å². The summed E-state index contributed by atoms with van der Waals surface area (Å²) < 4.78 is 1.11. The second kappa shape index (κ2) is 7.64. The molecule has 0 aliphatic carbocycles. The third-order valence-corrected chi connectivity index (χ3v) is 6.03. The Labute approximate surface area is 162 Å². The van der Waals surface area contributed by atoms with Crippen LogP contribution in [0.4, 0.5) is 5.13 Å². The Hall–Kier alpha value is -2.11. The molecule has 0 saturated carbocycles. The molecular weight excluding hydrogens is 366 g/mol. The van der Waals surface area contributed by atoms with Crippen LogP contribution in [-0.2, 0) is 11.2 Å². The number of anilines is 1. The van der Waals surface area contributed by atoms with Gasteiger partial charge in [-0.3, -0.25) is 4.79 Å². The van der Waals surface area contributed by atoms with Crippen molar-refractivity contribution in [2.24, 2.45) is 0 Å². The Kier molecular flexibility index (Phi) is 5.09. The van der Waals surface area contributed by atoms with E-state index in [1.54, 1.807) is 11.3 Å². The number of halogens is 1. The molecule has 0 radical (unpaired) electrons. The number of aryl methyl sites for hydroxylation is 1. The molecule has 1 amide bonds. The number of amides is 1. The number of aromatic nitrogens is 1. The second-order valence-corrected chi connectivity index (χ2v) is 7.91. The van der Waals surface area contributed by atoms with Gasteiger partial charge in [-0.25, -0.2) is 4.98 Å². The molecule has 1 aliphatic rings. The van der Waals surface area contributed by atoms with E-state index in [2.05, 4.69) is 17.0 Å². The first-order chi connectivity index (χ1) is 12.7. The lowest BCUT2D eigenvalue weighted by molar-refractivity contribution is -0.131. The molecule has 0 unspecified atom stereocenters. The molecule has 2 heterocycles. The van der Waals surface area contributed by atoms with Crippen molar-refractivity contribution in [3.8, 4) is 0 Å². The van der Waals surface area contributed by atoms with E-state index in [9.17, 15) is 4.79 Å². The average Bonchev–Trinajstić information content (AvgIpc) is 3.10. The zero-order valence-corrected chi connectivity index (χ0v) is 16.0. The predicted octanol–water partition coefficient (Wildman–Crippen LogP) is 4.23. The van der Waals surface area contributed by atoms with Crippen molar-refractivity contribution in [2.75, 3.05) is 31.1 Å². The van der Waals surface area contributed by atoms with E-state index in [0.717, 1.165) is 53.0 Å². The number of carbonyl (C=O) groups excluding carboxylic acids is 1. The Morgan fingerprint density at radius 1 is 1.08 bits per heavy atom. The van der Waals surface area contributed by atoms with Crippen molar-refractivity contribution in [2.45, 2.75) is 12.8 Å². The molecule has 1 aromatic heterocycles. The van der Waals surface area contributed by atoms with E-state index in [4.69, 9.17) is 16.6 Å². The first-order valence-corrected chi connectivity index (χ1v) is 10.0. The SMILES string of the molecule is O=C(CCc1ccccc1)N1CCN(c2nc3ccc(Cl)cc3s2)CC1. The Morgan fingerprint density at radius 2 is 1.85 bits per heavy atom. The first-order valence-electron chi connectivity index (χ1n) is 8.82. The molecular formula is C20H20ClN3OS. The molecule has 26 heavy (non-hydrogen) atoms. The topological polar surface area (TPSA) is 36.4 Å². The number of piperazine rings is 1. The van der Waals surface area contributed by atoms with E-state index < -0.39 is 0 Å². The maximum absolute atomic E-state index is 12.5. The Bertz CT molecular complexity index is 904. The standard InChI is InChI=1S/C20H20ClN3OS/c21-16-7-8-17-18(14-16)26-20(22-17)24-12-10-23(11-13-24)19(25)9-6-15-4-2-1-3-5-15/h1-5,7-8,14H,6,9-13H2. The highest BCUT2D eigenvalue weighted by atomic mass is 35.5. The maximum Gasteiger partial charge on any atom is 0.223 e. The summed E-state index contributed by atoms with van der Waals surface area (Å²) in [4.78, 5) is 21.4. The fraction of sp³-hybridized carbons (Fsp3) is 0.300. The number of thiazole rings is 1. The van der Waals surface area contributed by atoms with Crippen LogP contribution in [0.3, 0.4) is 0 Å². The lowest BCUT2D eigenvalue weighted by Crippen LogP contribution is -2.48. The fourth-order valence-corrected chi connectivity index (χ4v) is 4.52. The van der Waals surface area contributed by atoms with Gasteiger partial charge in [0.05, 0.1) is 10.2 Å². The number of rotatable bonds is 4. The van der Waals surface area contributed by atoms with Crippen LogP contribution in [0.2, 0.25) is 5.02 Å². The van der Waals surface area contributed by atoms with Crippen LogP contribution in [0.15, 0.2) is 48.5 Å². The van der Waals surface area contributed by atoms with Crippen molar-refractivity contribution < 1.29 is 4.79 Å². The van der Waals surface area contributed by atoms with Gasteiger partial charge in [-0.1, -0.05) is 53.3 Å². The summed E-state index contributed by atoms with van der Waals surface area (Å²) in [7, 11) is 0. The van der Waals surface area contributed by atoms with Crippen molar-refractivity contribution in [1.82, 2.24) is 9.88 Å². The van der Waals surface area contributed by atoms with Crippen molar-refractivity contribution >= 4 is 44.2 Å². The molecule has 6 heteroatoms. The predicted molar refractivity (Wildman–Crippen MR) is 108 cm³/mol. The summed E-state index contributed by atoms with van der Waals surface area (Å²) in [5, 5.41) is 1.75. The second-order valence-electron chi connectivity index (χ2n) is 6.46. The highest BCUT2D eigenvalue weighted by molar-refractivity contribution is 7.22. The van der Waals surface area contributed by atoms with Gasteiger partial charge in [0, 0.05) is 37.6 Å². The van der Waals surface area contributed by atoms with Crippen LogP contribution in [-0.4, -0.2) is 42.0 Å². The zero-order valence-electron chi connectivity index (χ0n) is 14.4. The molecule has 3 aromatic rings. The molecule has 0 N–H and O–H groups in total. The van der Waals surface area contributed by atoms with Gasteiger partial charge in [0.25, 0.3) is 0 Å².